The molecule has 1 aromatic rings. The molecule has 0 atom stereocenters. The lowest BCUT2D eigenvalue weighted by Crippen LogP contribution is -2.19. The number of nitrogens with zero attached hydrogens (tertiary/aromatic N) is 1. The molecule has 14 heavy (non-hydrogen) atoms. The first kappa shape index (κ1) is 9.87. The molecule has 2 rings (SSSR count). The van der Waals surface area contributed by atoms with Crippen LogP contribution in [0, 0.1) is 5.82 Å². The van der Waals surface area contributed by atoms with Gasteiger partial charge in [-0.05, 0) is 18.2 Å². The highest BCUT2D eigenvalue weighted by Crippen LogP contribution is 2.17. The Kier molecular flexibility index (Phi) is 2.99. The van der Waals surface area contributed by atoms with E-state index in [1.54, 1.807) is 6.07 Å². The molecule has 3 heteroatoms. The van der Waals surface area contributed by atoms with E-state index in [-0.39, 0.29) is 5.82 Å². The summed E-state index contributed by atoms with van der Waals surface area (Å²) in [6, 6.07) is 5.07. The van der Waals surface area contributed by atoms with Crippen LogP contribution in [0.5, 0.6) is 0 Å². The summed E-state index contributed by atoms with van der Waals surface area (Å²) in [5.41, 5.74) is 0.753. The van der Waals surface area contributed by atoms with Gasteiger partial charge in [-0.15, -0.1) is 0 Å². The average Bonchev–Trinajstić information content (AvgIpc) is 2.64. The van der Waals surface area contributed by atoms with E-state index in [9.17, 15) is 4.39 Å². The summed E-state index contributed by atoms with van der Waals surface area (Å²) in [6.07, 6.45) is 4.21. The van der Waals surface area contributed by atoms with Gasteiger partial charge >= 0.3 is 0 Å². The molecule has 1 aliphatic rings. The van der Waals surface area contributed by atoms with Gasteiger partial charge in [0.2, 0.25) is 0 Å². The Balaban J connectivity index is 2.11. The van der Waals surface area contributed by atoms with Crippen molar-refractivity contribution in [3.05, 3.63) is 46.2 Å². The van der Waals surface area contributed by atoms with E-state index in [0.29, 0.717) is 6.54 Å². The third-order valence-electron chi connectivity index (χ3n) is 2.30. The zero-order valence-corrected chi connectivity index (χ0v) is 9.30. The summed E-state index contributed by atoms with van der Waals surface area (Å²) in [7, 11) is 0. The van der Waals surface area contributed by atoms with Gasteiger partial charge in [-0.25, -0.2) is 4.39 Å². The molecule has 1 nitrogen and oxygen atoms in total. The first-order valence-electron chi connectivity index (χ1n) is 4.57. The van der Waals surface area contributed by atoms with Gasteiger partial charge < -0.3 is 0 Å². The van der Waals surface area contributed by atoms with Crippen LogP contribution in [0.1, 0.15) is 5.56 Å². The molecule has 0 aliphatic carbocycles. The van der Waals surface area contributed by atoms with Crippen molar-refractivity contribution in [1.82, 2.24) is 4.90 Å². The molecule has 0 amide bonds. The molecule has 0 bridgehead atoms. The molecular formula is C11H11BrFN. The molecule has 0 unspecified atom stereocenters. The van der Waals surface area contributed by atoms with Gasteiger partial charge in [0, 0.05) is 29.7 Å². The molecule has 0 aromatic heterocycles. The van der Waals surface area contributed by atoms with Crippen LogP contribution in [-0.4, -0.2) is 18.0 Å². The van der Waals surface area contributed by atoms with Crippen molar-refractivity contribution < 1.29 is 4.39 Å². The minimum Gasteiger partial charge on any atom is -0.292 e. The topological polar surface area (TPSA) is 3.24 Å². The largest absolute Gasteiger partial charge is 0.292 e. The predicted molar refractivity (Wildman–Crippen MR) is 58.5 cm³/mol. The summed E-state index contributed by atoms with van der Waals surface area (Å²) in [5.74, 6) is -0.125. The number of benzene rings is 1. The highest BCUT2D eigenvalue weighted by molar-refractivity contribution is 9.10. The molecule has 1 aromatic carbocycles. The molecule has 0 radical (unpaired) electrons. The monoisotopic (exact) mass is 255 g/mol. The summed E-state index contributed by atoms with van der Waals surface area (Å²) < 4.78 is 14.3. The normalized spacial score (nSPS) is 16.4. The second-order valence-electron chi connectivity index (χ2n) is 3.40. The molecule has 74 valence electrons. The number of rotatable bonds is 2. The van der Waals surface area contributed by atoms with Crippen molar-refractivity contribution in [3.8, 4) is 0 Å². The third-order valence-corrected chi connectivity index (χ3v) is 2.79. The lowest BCUT2D eigenvalue weighted by atomic mass is 10.2. The SMILES string of the molecule is Fc1ccc(Br)cc1CN1CC=CC1. The van der Waals surface area contributed by atoms with E-state index in [1.165, 1.54) is 6.07 Å². The fourth-order valence-electron chi connectivity index (χ4n) is 1.56. The molecule has 0 spiro atoms. The number of hydrogen-bond donors (Lipinski definition) is 0. The van der Waals surface area contributed by atoms with Crippen LogP contribution >= 0.6 is 15.9 Å². The lowest BCUT2D eigenvalue weighted by Gasteiger charge is -2.15. The van der Waals surface area contributed by atoms with Crippen LogP contribution in [-0.2, 0) is 6.54 Å². The van der Waals surface area contributed by atoms with Gasteiger partial charge in [0.05, 0.1) is 0 Å². The van der Waals surface area contributed by atoms with Crippen molar-refractivity contribution >= 4 is 15.9 Å². The van der Waals surface area contributed by atoms with E-state index in [0.717, 1.165) is 23.1 Å². The van der Waals surface area contributed by atoms with Gasteiger partial charge in [0.1, 0.15) is 5.82 Å². The Morgan fingerprint density at radius 2 is 2.00 bits per heavy atom. The van der Waals surface area contributed by atoms with Crippen molar-refractivity contribution in [2.24, 2.45) is 0 Å². The maximum absolute atomic E-state index is 13.4. The Labute approximate surface area is 91.4 Å². The van der Waals surface area contributed by atoms with Crippen molar-refractivity contribution in [1.29, 1.82) is 0 Å². The summed E-state index contributed by atoms with van der Waals surface area (Å²) >= 11 is 3.34. The molecule has 0 fully saturated rings. The standard InChI is InChI=1S/C11H11BrFN/c12-10-3-4-11(13)9(7-10)8-14-5-1-2-6-14/h1-4,7H,5-6,8H2. The fraction of sp³-hybridized carbons (Fsp3) is 0.273. The maximum atomic E-state index is 13.4. The van der Waals surface area contributed by atoms with Crippen LogP contribution in [0.4, 0.5) is 4.39 Å². The van der Waals surface area contributed by atoms with Gasteiger partial charge in [0.25, 0.3) is 0 Å². The Morgan fingerprint density at radius 3 is 2.71 bits per heavy atom. The Bertz CT molecular complexity index is 354. The smallest absolute Gasteiger partial charge is 0.127 e. The molecule has 0 saturated carbocycles. The summed E-state index contributed by atoms with van der Waals surface area (Å²) in [6.45, 7) is 2.52. The highest BCUT2D eigenvalue weighted by Gasteiger charge is 2.10. The zero-order chi connectivity index (χ0) is 9.97. The summed E-state index contributed by atoms with van der Waals surface area (Å²) in [5, 5.41) is 0. The van der Waals surface area contributed by atoms with Crippen LogP contribution in [0.2, 0.25) is 0 Å². The molecule has 1 aliphatic heterocycles. The van der Waals surface area contributed by atoms with Crippen LogP contribution < -0.4 is 0 Å². The molecule has 0 N–H and O–H groups in total. The zero-order valence-electron chi connectivity index (χ0n) is 7.71. The van der Waals surface area contributed by atoms with Crippen LogP contribution in [0.3, 0.4) is 0 Å². The number of halogens is 2. The Morgan fingerprint density at radius 1 is 1.29 bits per heavy atom. The number of hydrogen-bond acceptors (Lipinski definition) is 1. The van der Waals surface area contributed by atoms with Crippen LogP contribution in [0.15, 0.2) is 34.8 Å². The second kappa shape index (κ2) is 4.24. The second-order valence-corrected chi connectivity index (χ2v) is 4.32. The Hall–Kier alpha value is -0.670. The highest BCUT2D eigenvalue weighted by atomic mass is 79.9. The first-order valence-corrected chi connectivity index (χ1v) is 5.36. The van der Waals surface area contributed by atoms with Crippen molar-refractivity contribution in [3.63, 3.8) is 0 Å². The summed E-state index contributed by atoms with van der Waals surface area (Å²) in [4.78, 5) is 2.19. The maximum Gasteiger partial charge on any atom is 0.127 e. The van der Waals surface area contributed by atoms with Crippen molar-refractivity contribution in [2.75, 3.05) is 13.1 Å². The average molecular weight is 256 g/mol. The molecular weight excluding hydrogens is 245 g/mol. The van der Waals surface area contributed by atoms with Crippen molar-refractivity contribution in [2.45, 2.75) is 6.54 Å². The van der Waals surface area contributed by atoms with Gasteiger partial charge in [-0.2, -0.15) is 0 Å². The van der Waals surface area contributed by atoms with E-state index in [1.807, 2.05) is 6.07 Å². The minimum absolute atomic E-state index is 0.125. The molecule has 0 saturated heterocycles. The minimum atomic E-state index is -0.125. The third kappa shape index (κ3) is 2.22. The fourth-order valence-corrected chi connectivity index (χ4v) is 1.96. The quantitative estimate of drug-likeness (QED) is 0.735. The van der Waals surface area contributed by atoms with E-state index < -0.39 is 0 Å². The molecule has 1 heterocycles. The van der Waals surface area contributed by atoms with Gasteiger partial charge in [-0.3, -0.25) is 4.90 Å². The van der Waals surface area contributed by atoms with Crippen LogP contribution in [0.25, 0.3) is 0 Å². The predicted octanol–water partition coefficient (Wildman–Crippen LogP) is 2.96. The van der Waals surface area contributed by atoms with E-state index >= 15 is 0 Å². The van der Waals surface area contributed by atoms with E-state index in [2.05, 4.69) is 33.0 Å². The van der Waals surface area contributed by atoms with E-state index in [4.69, 9.17) is 0 Å². The van der Waals surface area contributed by atoms with Gasteiger partial charge in [0.15, 0.2) is 0 Å². The lowest BCUT2D eigenvalue weighted by molar-refractivity contribution is 0.338. The van der Waals surface area contributed by atoms with Gasteiger partial charge in [-0.1, -0.05) is 28.1 Å². The first-order chi connectivity index (χ1) is 6.75.